The standard InChI is InChI=1S/C12H18FN3O2/c1-3-9-10(13)11(16-8-15-9)14-5-4-12(2)17-6-7-18-12/h8H,3-7H2,1-2H3,(H,14,15,16). The maximum absolute atomic E-state index is 13.8. The molecular formula is C12H18FN3O2. The highest BCUT2D eigenvalue weighted by Crippen LogP contribution is 2.22. The normalized spacial score (nSPS) is 17.9. The molecule has 1 N–H and O–H groups in total. The predicted octanol–water partition coefficient (Wildman–Crippen LogP) is 1.74. The quantitative estimate of drug-likeness (QED) is 0.868. The van der Waals surface area contributed by atoms with Crippen molar-refractivity contribution in [1.29, 1.82) is 0 Å². The summed E-state index contributed by atoms with van der Waals surface area (Å²) in [6, 6.07) is 0. The second-order valence-corrected chi connectivity index (χ2v) is 4.34. The van der Waals surface area contributed by atoms with Gasteiger partial charge in [-0.25, -0.2) is 14.4 Å². The van der Waals surface area contributed by atoms with Crippen molar-refractivity contribution < 1.29 is 13.9 Å². The van der Waals surface area contributed by atoms with Crippen molar-refractivity contribution in [2.45, 2.75) is 32.5 Å². The van der Waals surface area contributed by atoms with Crippen LogP contribution in [0, 0.1) is 5.82 Å². The van der Waals surface area contributed by atoms with Gasteiger partial charge in [0.25, 0.3) is 0 Å². The zero-order chi connectivity index (χ0) is 13.0. The minimum atomic E-state index is -0.565. The van der Waals surface area contributed by atoms with E-state index < -0.39 is 5.79 Å². The molecule has 0 radical (unpaired) electrons. The molecule has 0 aliphatic carbocycles. The van der Waals surface area contributed by atoms with Crippen LogP contribution in [0.25, 0.3) is 0 Å². The van der Waals surface area contributed by atoms with E-state index in [0.29, 0.717) is 38.3 Å². The maximum atomic E-state index is 13.8. The van der Waals surface area contributed by atoms with Crippen molar-refractivity contribution in [1.82, 2.24) is 9.97 Å². The molecule has 6 heteroatoms. The van der Waals surface area contributed by atoms with Crippen LogP contribution in [0.3, 0.4) is 0 Å². The molecule has 0 unspecified atom stereocenters. The molecule has 1 fully saturated rings. The fourth-order valence-corrected chi connectivity index (χ4v) is 1.89. The van der Waals surface area contributed by atoms with E-state index in [-0.39, 0.29) is 11.6 Å². The van der Waals surface area contributed by atoms with Gasteiger partial charge in [-0.1, -0.05) is 6.92 Å². The van der Waals surface area contributed by atoms with Crippen molar-refractivity contribution in [2.24, 2.45) is 0 Å². The van der Waals surface area contributed by atoms with Crippen LogP contribution < -0.4 is 5.32 Å². The number of rotatable bonds is 5. The highest BCUT2D eigenvalue weighted by Gasteiger charge is 2.30. The molecule has 1 aliphatic heterocycles. The molecule has 0 spiro atoms. The highest BCUT2D eigenvalue weighted by atomic mass is 19.1. The molecule has 5 nitrogen and oxygen atoms in total. The lowest BCUT2D eigenvalue weighted by Crippen LogP contribution is -2.28. The Hall–Kier alpha value is -1.27. The van der Waals surface area contributed by atoms with E-state index in [2.05, 4.69) is 15.3 Å². The van der Waals surface area contributed by atoms with Crippen LogP contribution in [0.2, 0.25) is 0 Å². The minimum absolute atomic E-state index is 0.239. The number of aromatic nitrogens is 2. The summed E-state index contributed by atoms with van der Waals surface area (Å²) in [6.45, 7) is 5.50. The summed E-state index contributed by atoms with van der Waals surface area (Å²) in [4.78, 5) is 7.78. The van der Waals surface area contributed by atoms with E-state index in [1.165, 1.54) is 6.33 Å². The molecular weight excluding hydrogens is 237 g/mol. The van der Waals surface area contributed by atoms with Gasteiger partial charge in [0, 0.05) is 13.0 Å². The SMILES string of the molecule is CCc1ncnc(NCCC2(C)OCCO2)c1F. The van der Waals surface area contributed by atoms with Crippen LogP contribution in [-0.2, 0) is 15.9 Å². The lowest BCUT2D eigenvalue weighted by molar-refractivity contribution is -0.144. The molecule has 1 aromatic heterocycles. The number of halogens is 1. The molecule has 100 valence electrons. The Morgan fingerprint density at radius 3 is 2.78 bits per heavy atom. The minimum Gasteiger partial charge on any atom is -0.367 e. The highest BCUT2D eigenvalue weighted by molar-refractivity contribution is 5.37. The zero-order valence-corrected chi connectivity index (χ0v) is 10.7. The first-order valence-corrected chi connectivity index (χ1v) is 6.16. The number of aryl methyl sites for hydroxylation is 1. The van der Waals surface area contributed by atoms with Gasteiger partial charge in [0.2, 0.25) is 0 Å². The first-order valence-electron chi connectivity index (χ1n) is 6.16. The molecule has 2 heterocycles. The van der Waals surface area contributed by atoms with Gasteiger partial charge in [0.1, 0.15) is 6.33 Å². The molecule has 0 saturated carbocycles. The maximum Gasteiger partial charge on any atom is 0.186 e. The Morgan fingerprint density at radius 1 is 1.39 bits per heavy atom. The topological polar surface area (TPSA) is 56.3 Å². The van der Waals surface area contributed by atoms with E-state index in [1.54, 1.807) is 0 Å². The first kappa shape index (κ1) is 13.2. The Labute approximate surface area is 106 Å². The van der Waals surface area contributed by atoms with Crippen molar-refractivity contribution in [3.63, 3.8) is 0 Å². The second kappa shape index (κ2) is 5.58. The van der Waals surface area contributed by atoms with Crippen molar-refractivity contribution in [3.05, 3.63) is 17.8 Å². The number of hydrogen-bond donors (Lipinski definition) is 1. The Bertz CT molecular complexity index is 408. The summed E-state index contributed by atoms with van der Waals surface area (Å²) in [5.74, 6) is -0.703. The zero-order valence-electron chi connectivity index (χ0n) is 10.7. The number of nitrogens with one attached hydrogen (secondary N) is 1. The summed E-state index contributed by atoms with van der Waals surface area (Å²) in [6.07, 6.45) is 2.55. The van der Waals surface area contributed by atoms with Gasteiger partial charge in [-0.3, -0.25) is 0 Å². The number of hydrogen-bond acceptors (Lipinski definition) is 5. The lowest BCUT2D eigenvalue weighted by Gasteiger charge is -2.22. The van der Waals surface area contributed by atoms with Gasteiger partial charge < -0.3 is 14.8 Å². The van der Waals surface area contributed by atoms with Gasteiger partial charge in [0.05, 0.1) is 18.9 Å². The molecule has 2 rings (SSSR count). The molecule has 1 saturated heterocycles. The van der Waals surface area contributed by atoms with Crippen molar-refractivity contribution >= 4 is 5.82 Å². The second-order valence-electron chi connectivity index (χ2n) is 4.34. The molecule has 1 aromatic rings. The first-order chi connectivity index (χ1) is 8.64. The average molecular weight is 255 g/mol. The van der Waals surface area contributed by atoms with Crippen LogP contribution >= 0.6 is 0 Å². The molecule has 18 heavy (non-hydrogen) atoms. The summed E-state index contributed by atoms with van der Waals surface area (Å²) in [5, 5.41) is 2.95. The van der Waals surface area contributed by atoms with Crippen LogP contribution in [0.5, 0.6) is 0 Å². The fraction of sp³-hybridized carbons (Fsp3) is 0.667. The van der Waals surface area contributed by atoms with Crippen LogP contribution in [-0.4, -0.2) is 35.5 Å². The summed E-state index contributed by atoms with van der Waals surface area (Å²) in [5.41, 5.74) is 0.423. The monoisotopic (exact) mass is 255 g/mol. The third kappa shape index (κ3) is 2.94. The van der Waals surface area contributed by atoms with Crippen molar-refractivity contribution in [3.8, 4) is 0 Å². The molecule has 1 aliphatic rings. The summed E-state index contributed by atoms with van der Waals surface area (Å²) >= 11 is 0. The average Bonchev–Trinajstić information content (AvgIpc) is 2.79. The van der Waals surface area contributed by atoms with Gasteiger partial charge in [-0.05, 0) is 13.3 Å². The van der Waals surface area contributed by atoms with Gasteiger partial charge in [0.15, 0.2) is 17.4 Å². The fourth-order valence-electron chi connectivity index (χ4n) is 1.89. The molecule has 0 bridgehead atoms. The van der Waals surface area contributed by atoms with E-state index in [1.807, 2.05) is 13.8 Å². The molecule has 0 atom stereocenters. The van der Waals surface area contributed by atoms with Crippen LogP contribution in [0.1, 0.15) is 26.0 Å². The summed E-state index contributed by atoms with van der Waals surface area (Å²) in [7, 11) is 0. The molecule has 0 amide bonds. The number of ether oxygens (including phenoxy) is 2. The van der Waals surface area contributed by atoms with E-state index in [9.17, 15) is 4.39 Å². The lowest BCUT2D eigenvalue weighted by atomic mass is 10.2. The van der Waals surface area contributed by atoms with Crippen molar-refractivity contribution in [2.75, 3.05) is 25.1 Å². The smallest absolute Gasteiger partial charge is 0.186 e. The Balaban J connectivity index is 1.90. The third-order valence-corrected chi connectivity index (χ3v) is 2.97. The predicted molar refractivity (Wildman–Crippen MR) is 64.8 cm³/mol. The van der Waals surface area contributed by atoms with Gasteiger partial charge in [-0.2, -0.15) is 0 Å². The van der Waals surface area contributed by atoms with Crippen LogP contribution in [0.15, 0.2) is 6.33 Å². The Morgan fingerprint density at radius 2 is 2.11 bits per heavy atom. The van der Waals surface area contributed by atoms with E-state index in [0.717, 1.165) is 0 Å². The van der Waals surface area contributed by atoms with E-state index in [4.69, 9.17) is 9.47 Å². The summed E-state index contributed by atoms with van der Waals surface area (Å²) < 4.78 is 24.7. The third-order valence-electron chi connectivity index (χ3n) is 2.97. The van der Waals surface area contributed by atoms with Gasteiger partial charge >= 0.3 is 0 Å². The largest absolute Gasteiger partial charge is 0.367 e. The number of nitrogens with zero attached hydrogens (tertiary/aromatic N) is 2. The Kier molecular flexibility index (Phi) is 4.08. The van der Waals surface area contributed by atoms with E-state index >= 15 is 0 Å². The molecule has 0 aromatic carbocycles. The number of anilines is 1. The van der Waals surface area contributed by atoms with Crippen LogP contribution in [0.4, 0.5) is 10.2 Å². The van der Waals surface area contributed by atoms with Gasteiger partial charge in [-0.15, -0.1) is 0 Å².